The van der Waals surface area contributed by atoms with Crippen molar-refractivity contribution in [3.8, 4) is 0 Å². The molecule has 2 rings (SSSR count). The average molecular weight is 217 g/mol. The molecule has 84 valence electrons. The number of fused-ring (bicyclic) bond motifs is 1. The molecule has 0 saturated carbocycles. The van der Waals surface area contributed by atoms with E-state index >= 15 is 0 Å². The Morgan fingerprint density at radius 2 is 2.07 bits per heavy atom. The highest BCUT2D eigenvalue weighted by Crippen LogP contribution is 2.28. The van der Waals surface area contributed by atoms with E-state index in [0.29, 0.717) is 5.90 Å². The first kappa shape index (κ1) is 10.3. The number of rotatable bonds is 1. The monoisotopic (exact) mass is 217 g/mol. The summed E-state index contributed by atoms with van der Waals surface area (Å²) in [6.45, 7) is 1.57. The van der Waals surface area contributed by atoms with E-state index in [1.54, 1.807) is 6.92 Å². The van der Waals surface area contributed by atoms with E-state index in [4.69, 9.17) is 14.6 Å². The second kappa shape index (κ2) is 3.44. The third-order valence-electron chi connectivity index (χ3n) is 2.43. The largest absolute Gasteiger partial charge is 0.479 e. The molecule has 0 radical (unpaired) electrons. The number of carboxylic acid groups (broad SMARTS) is 1. The molecule has 0 aromatic carbocycles. The summed E-state index contributed by atoms with van der Waals surface area (Å²) in [6.07, 6.45) is -5.20. The number of hydrogen-bond donors (Lipinski definition) is 3. The van der Waals surface area contributed by atoms with Crippen LogP contribution in [0.5, 0.6) is 0 Å². The SMILES string of the molecule is CC1=N[C@H]2[C@@H](O1)O[C@H](C(=O)O)[C@H](O)[C@@H]2O. The molecule has 2 aliphatic rings. The number of ether oxygens (including phenoxy) is 2. The van der Waals surface area contributed by atoms with Crippen LogP contribution < -0.4 is 0 Å². The van der Waals surface area contributed by atoms with E-state index in [2.05, 4.69) is 4.99 Å². The van der Waals surface area contributed by atoms with Crippen molar-refractivity contribution in [3.05, 3.63) is 0 Å². The van der Waals surface area contributed by atoms with E-state index < -0.39 is 36.6 Å². The van der Waals surface area contributed by atoms with Crippen molar-refractivity contribution in [2.45, 2.75) is 37.6 Å². The van der Waals surface area contributed by atoms with Gasteiger partial charge in [-0.25, -0.2) is 9.79 Å². The minimum atomic E-state index is -1.50. The zero-order valence-corrected chi connectivity index (χ0v) is 7.90. The van der Waals surface area contributed by atoms with Gasteiger partial charge in [0.25, 0.3) is 0 Å². The van der Waals surface area contributed by atoms with Crippen LogP contribution in [-0.2, 0) is 14.3 Å². The molecule has 5 atom stereocenters. The molecule has 1 saturated heterocycles. The van der Waals surface area contributed by atoms with Crippen molar-refractivity contribution in [1.82, 2.24) is 0 Å². The molecule has 0 aromatic heterocycles. The summed E-state index contributed by atoms with van der Waals surface area (Å²) >= 11 is 0. The van der Waals surface area contributed by atoms with Crippen molar-refractivity contribution in [1.29, 1.82) is 0 Å². The molecule has 0 aromatic rings. The summed E-state index contributed by atoms with van der Waals surface area (Å²) in [4.78, 5) is 14.6. The first-order valence-corrected chi connectivity index (χ1v) is 4.46. The van der Waals surface area contributed by atoms with Crippen LogP contribution in [0.3, 0.4) is 0 Å². The van der Waals surface area contributed by atoms with Crippen molar-refractivity contribution in [2.24, 2.45) is 4.99 Å². The number of aliphatic hydroxyl groups is 2. The standard InChI is InChI=1S/C8H11NO6/c1-2-9-3-4(10)5(11)6(7(12)13)15-8(3)14-2/h3-6,8,10-11H,1H3,(H,12,13)/t3-,4-,5-,6+,8+/m1/s1. The fourth-order valence-corrected chi connectivity index (χ4v) is 1.70. The second-order valence-electron chi connectivity index (χ2n) is 3.50. The Hall–Kier alpha value is -1.18. The van der Waals surface area contributed by atoms with Crippen molar-refractivity contribution in [2.75, 3.05) is 0 Å². The van der Waals surface area contributed by atoms with Gasteiger partial charge < -0.3 is 24.8 Å². The fraction of sp³-hybridized carbons (Fsp3) is 0.750. The molecule has 15 heavy (non-hydrogen) atoms. The van der Waals surface area contributed by atoms with Gasteiger partial charge in [0.05, 0.1) is 0 Å². The maximum absolute atomic E-state index is 10.7. The molecule has 0 amide bonds. The lowest BCUT2D eigenvalue weighted by Crippen LogP contribution is -2.58. The third kappa shape index (κ3) is 1.58. The summed E-state index contributed by atoms with van der Waals surface area (Å²) in [5, 5.41) is 27.8. The Kier molecular flexibility index (Phi) is 2.37. The van der Waals surface area contributed by atoms with Crippen LogP contribution in [0.25, 0.3) is 0 Å². The third-order valence-corrected chi connectivity index (χ3v) is 2.43. The number of carbonyl (C=O) groups is 1. The Morgan fingerprint density at radius 3 is 2.67 bits per heavy atom. The lowest BCUT2D eigenvalue weighted by atomic mass is 9.98. The first-order valence-electron chi connectivity index (χ1n) is 4.46. The normalized spacial score (nSPS) is 44.2. The maximum Gasteiger partial charge on any atom is 0.335 e. The fourth-order valence-electron chi connectivity index (χ4n) is 1.70. The highest BCUT2D eigenvalue weighted by atomic mass is 16.7. The molecule has 1 fully saturated rings. The van der Waals surface area contributed by atoms with Gasteiger partial charge in [-0.2, -0.15) is 0 Å². The highest BCUT2D eigenvalue weighted by Gasteiger charge is 2.50. The molecule has 3 N–H and O–H groups in total. The van der Waals surface area contributed by atoms with Crippen LogP contribution >= 0.6 is 0 Å². The number of aliphatic carboxylic acids is 1. The molecule has 0 bridgehead atoms. The summed E-state index contributed by atoms with van der Waals surface area (Å²) in [7, 11) is 0. The van der Waals surface area contributed by atoms with Gasteiger partial charge in [0.2, 0.25) is 6.29 Å². The molecule has 7 nitrogen and oxygen atoms in total. The quantitative estimate of drug-likeness (QED) is 0.485. The van der Waals surface area contributed by atoms with Gasteiger partial charge in [0, 0.05) is 6.92 Å². The number of hydrogen-bond acceptors (Lipinski definition) is 6. The van der Waals surface area contributed by atoms with E-state index in [-0.39, 0.29) is 0 Å². The zero-order valence-electron chi connectivity index (χ0n) is 7.90. The van der Waals surface area contributed by atoms with Crippen LogP contribution in [0.1, 0.15) is 6.92 Å². The molecule has 2 aliphatic heterocycles. The summed E-state index contributed by atoms with van der Waals surface area (Å²) in [5.41, 5.74) is 0. The number of nitrogens with zero attached hydrogens (tertiary/aromatic N) is 1. The maximum atomic E-state index is 10.7. The van der Waals surface area contributed by atoms with Crippen LogP contribution in [0, 0.1) is 0 Å². The smallest absolute Gasteiger partial charge is 0.335 e. The van der Waals surface area contributed by atoms with Gasteiger partial charge in [-0.15, -0.1) is 0 Å². The Balaban J connectivity index is 2.19. The van der Waals surface area contributed by atoms with Crippen LogP contribution in [0.2, 0.25) is 0 Å². The van der Waals surface area contributed by atoms with E-state index in [1.807, 2.05) is 0 Å². The van der Waals surface area contributed by atoms with Crippen LogP contribution in [-0.4, -0.2) is 57.8 Å². The molecule has 7 heteroatoms. The van der Waals surface area contributed by atoms with Crippen molar-refractivity contribution < 1.29 is 29.6 Å². The van der Waals surface area contributed by atoms with Gasteiger partial charge in [0.15, 0.2) is 12.0 Å². The Bertz CT molecular complexity index is 316. The second-order valence-corrected chi connectivity index (χ2v) is 3.50. The Morgan fingerprint density at radius 1 is 1.40 bits per heavy atom. The highest BCUT2D eigenvalue weighted by molar-refractivity contribution is 5.76. The summed E-state index contributed by atoms with van der Waals surface area (Å²) in [5.74, 6) is -1.03. The summed E-state index contributed by atoms with van der Waals surface area (Å²) < 4.78 is 10.0. The summed E-state index contributed by atoms with van der Waals surface area (Å²) in [6, 6.07) is -0.754. The van der Waals surface area contributed by atoms with Crippen molar-refractivity contribution in [3.63, 3.8) is 0 Å². The lowest BCUT2D eigenvalue weighted by molar-refractivity contribution is -0.232. The molecular formula is C8H11NO6. The molecule has 2 heterocycles. The van der Waals surface area contributed by atoms with Gasteiger partial charge in [-0.1, -0.05) is 0 Å². The van der Waals surface area contributed by atoms with Crippen molar-refractivity contribution >= 4 is 11.9 Å². The van der Waals surface area contributed by atoms with E-state index in [0.717, 1.165) is 0 Å². The van der Waals surface area contributed by atoms with Crippen LogP contribution in [0.15, 0.2) is 4.99 Å². The van der Waals surface area contributed by atoms with Gasteiger partial charge >= 0.3 is 5.97 Å². The first-order chi connectivity index (χ1) is 7.00. The topological polar surface area (TPSA) is 109 Å². The lowest BCUT2D eigenvalue weighted by Gasteiger charge is -2.35. The molecule has 0 aliphatic carbocycles. The minimum absolute atomic E-state index is 0.308. The van der Waals surface area contributed by atoms with Crippen LogP contribution in [0.4, 0.5) is 0 Å². The average Bonchev–Trinajstić information content (AvgIpc) is 2.52. The molecule has 0 spiro atoms. The Labute approximate surface area is 84.9 Å². The predicted molar refractivity (Wildman–Crippen MR) is 46.3 cm³/mol. The van der Waals surface area contributed by atoms with E-state index in [9.17, 15) is 15.0 Å². The number of carboxylic acids is 1. The molecule has 0 unspecified atom stereocenters. The number of aliphatic imine (C=N–C) groups is 1. The van der Waals surface area contributed by atoms with Gasteiger partial charge in [-0.3, -0.25) is 0 Å². The van der Waals surface area contributed by atoms with Gasteiger partial charge in [0.1, 0.15) is 18.2 Å². The zero-order chi connectivity index (χ0) is 11.2. The predicted octanol–water partition coefficient (Wildman–Crippen LogP) is -1.67. The van der Waals surface area contributed by atoms with Gasteiger partial charge in [-0.05, 0) is 0 Å². The minimum Gasteiger partial charge on any atom is -0.479 e. The number of aliphatic hydroxyl groups excluding tert-OH is 2. The van der Waals surface area contributed by atoms with E-state index in [1.165, 1.54) is 0 Å². The molecular weight excluding hydrogens is 206 g/mol.